The maximum Gasteiger partial charge on any atom is 0.322 e. The molecular weight excluding hydrogens is 419 g/mol. The number of allylic oxidation sites excluding steroid dienone is 1. The molecule has 0 radical (unpaired) electrons. The Hall–Kier alpha value is -3.19. The molecular formula is C23H22ClFN4O2. The highest BCUT2D eigenvalue weighted by Crippen LogP contribution is 2.38. The minimum atomic E-state index is -0.518. The van der Waals surface area contributed by atoms with Gasteiger partial charge in [0.15, 0.2) is 0 Å². The number of hydrogen-bond acceptors (Lipinski definition) is 4. The molecule has 1 aliphatic heterocycles. The van der Waals surface area contributed by atoms with Crippen molar-refractivity contribution in [2.75, 3.05) is 6.54 Å². The van der Waals surface area contributed by atoms with Gasteiger partial charge >= 0.3 is 6.03 Å². The summed E-state index contributed by atoms with van der Waals surface area (Å²) in [6.45, 7) is 6.48. The maximum atomic E-state index is 13.7. The number of halogens is 2. The summed E-state index contributed by atoms with van der Waals surface area (Å²) in [5, 5.41) is 7.63. The third kappa shape index (κ3) is 4.32. The maximum absolute atomic E-state index is 13.7. The van der Waals surface area contributed by atoms with Crippen LogP contribution in [-0.4, -0.2) is 27.6 Å². The van der Waals surface area contributed by atoms with Gasteiger partial charge in [0.2, 0.25) is 5.82 Å². The lowest BCUT2D eigenvalue weighted by Gasteiger charge is -2.36. The summed E-state index contributed by atoms with van der Waals surface area (Å²) in [6, 6.07) is 12.5. The Bertz CT molecular complexity index is 1160. The fraction of sp³-hybridized carbons (Fsp3) is 0.261. The van der Waals surface area contributed by atoms with E-state index in [1.54, 1.807) is 29.2 Å². The number of urea groups is 1. The number of aromatic nitrogens is 2. The Morgan fingerprint density at radius 1 is 1.23 bits per heavy atom. The van der Waals surface area contributed by atoms with Crippen LogP contribution in [0.5, 0.6) is 0 Å². The van der Waals surface area contributed by atoms with Gasteiger partial charge in [0.25, 0.3) is 5.89 Å². The molecule has 1 aliphatic rings. The van der Waals surface area contributed by atoms with Crippen LogP contribution in [0.3, 0.4) is 0 Å². The molecule has 31 heavy (non-hydrogen) atoms. The van der Waals surface area contributed by atoms with Crippen molar-refractivity contribution in [1.82, 2.24) is 20.4 Å². The molecule has 160 valence electrons. The van der Waals surface area contributed by atoms with Crippen LogP contribution in [0.2, 0.25) is 5.02 Å². The zero-order valence-electron chi connectivity index (χ0n) is 17.4. The molecule has 2 amide bonds. The largest absolute Gasteiger partial charge is 0.334 e. The number of carbonyl (C=O) groups is 1. The van der Waals surface area contributed by atoms with Crippen LogP contribution in [0.1, 0.15) is 38.3 Å². The Kier molecular flexibility index (Phi) is 5.78. The highest BCUT2D eigenvalue weighted by Gasteiger charge is 2.36. The minimum Gasteiger partial charge on any atom is -0.334 e. The number of nitrogens with one attached hydrogen (secondary N) is 1. The molecule has 0 fully saturated rings. The van der Waals surface area contributed by atoms with Gasteiger partial charge in [0.05, 0.1) is 11.6 Å². The summed E-state index contributed by atoms with van der Waals surface area (Å²) in [5.74, 6) is 0.404. The van der Waals surface area contributed by atoms with Gasteiger partial charge in [0, 0.05) is 22.8 Å². The van der Waals surface area contributed by atoms with E-state index in [2.05, 4.69) is 15.5 Å². The van der Waals surface area contributed by atoms with E-state index < -0.39 is 6.04 Å². The third-order valence-electron chi connectivity index (χ3n) is 5.07. The molecule has 2 heterocycles. The third-order valence-corrected chi connectivity index (χ3v) is 5.30. The smallest absolute Gasteiger partial charge is 0.322 e. The van der Waals surface area contributed by atoms with Crippen molar-refractivity contribution in [1.29, 1.82) is 0 Å². The van der Waals surface area contributed by atoms with Crippen LogP contribution in [0.15, 0.2) is 58.8 Å². The van der Waals surface area contributed by atoms with Gasteiger partial charge in [-0.3, -0.25) is 4.90 Å². The number of hydrogen-bond donors (Lipinski definition) is 1. The van der Waals surface area contributed by atoms with Crippen molar-refractivity contribution in [2.24, 2.45) is 5.92 Å². The van der Waals surface area contributed by atoms with Gasteiger partial charge in [-0.05, 0) is 42.7 Å². The quantitative estimate of drug-likeness (QED) is 0.553. The summed E-state index contributed by atoms with van der Waals surface area (Å²) in [4.78, 5) is 19.1. The number of benzene rings is 2. The highest BCUT2D eigenvalue weighted by molar-refractivity contribution is 6.30. The van der Waals surface area contributed by atoms with Gasteiger partial charge in [0.1, 0.15) is 5.82 Å². The molecule has 2 aromatic carbocycles. The zero-order valence-corrected chi connectivity index (χ0v) is 18.2. The predicted molar refractivity (Wildman–Crippen MR) is 117 cm³/mol. The van der Waals surface area contributed by atoms with Gasteiger partial charge < -0.3 is 9.84 Å². The summed E-state index contributed by atoms with van der Waals surface area (Å²) >= 11 is 6.20. The van der Waals surface area contributed by atoms with Gasteiger partial charge in [-0.2, -0.15) is 4.98 Å². The molecule has 0 spiro atoms. The van der Waals surface area contributed by atoms with E-state index in [0.717, 1.165) is 11.3 Å². The van der Waals surface area contributed by atoms with E-state index >= 15 is 0 Å². The Labute approximate surface area is 184 Å². The van der Waals surface area contributed by atoms with E-state index in [0.29, 0.717) is 22.7 Å². The molecule has 1 N–H and O–H groups in total. The lowest BCUT2D eigenvalue weighted by Crippen LogP contribution is -2.47. The van der Waals surface area contributed by atoms with Gasteiger partial charge in [-0.15, -0.1) is 0 Å². The van der Waals surface area contributed by atoms with Crippen LogP contribution in [0.4, 0.5) is 9.18 Å². The number of nitrogens with zero attached hydrogens (tertiary/aromatic N) is 3. The molecule has 1 unspecified atom stereocenters. The van der Waals surface area contributed by atoms with Crippen LogP contribution >= 0.6 is 11.6 Å². The summed E-state index contributed by atoms with van der Waals surface area (Å²) in [7, 11) is 0. The summed E-state index contributed by atoms with van der Waals surface area (Å²) in [6.07, 6.45) is 0. The number of carbonyl (C=O) groups excluding carboxylic acids is 1. The lowest BCUT2D eigenvalue weighted by atomic mass is 9.94. The van der Waals surface area contributed by atoms with E-state index in [1.165, 1.54) is 12.1 Å². The minimum absolute atomic E-state index is 0.204. The number of rotatable bonds is 5. The fourth-order valence-corrected chi connectivity index (χ4v) is 3.86. The molecule has 1 atom stereocenters. The van der Waals surface area contributed by atoms with Crippen molar-refractivity contribution in [2.45, 2.75) is 26.8 Å². The Morgan fingerprint density at radius 3 is 2.71 bits per heavy atom. The fourth-order valence-electron chi connectivity index (χ4n) is 3.66. The molecule has 0 saturated heterocycles. The molecule has 1 aromatic heterocycles. The van der Waals surface area contributed by atoms with E-state index in [-0.39, 0.29) is 29.5 Å². The first-order valence-corrected chi connectivity index (χ1v) is 10.4. The van der Waals surface area contributed by atoms with Crippen molar-refractivity contribution >= 4 is 23.2 Å². The molecule has 0 saturated carbocycles. The molecule has 8 heteroatoms. The van der Waals surface area contributed by atoms with E-state index in [1.807, 2.05) is 32.9 Å². The van der Waals surface area contributed by atoms with Gasteiger partial charge in [-0.25, -0.2) is 9.18 Å². The summed E-state index contributed by atoms with van der Waals surface area (Å²) in [5.41, 5.74) is 2.70. The van der Waals surface area contributed by atoms with Gasteiger partial charge in [-0.1, -0.05) is 54.9 Å². The molecule has 0 aliphatic carbocycles. The molecule has 4 rings (SSSR count). The Balaban J connectivity index is 1.83. The Morgan fingerprint density at radius 2 is 2.00 bits per heavy atom. The monoisotopic (exact) mass is 440 g/mol. The van der Waals surface area contributed by atoms with Crippen LogP contribution in [0.25, 0.3) is 17.0 Å². The van der Waals surface area contributed by atoms with E-state index in [9.17, 15) is 9.18 Å². The molecule has 3 aromatic rings. The second-order valence-electron chi connectivity index (χ2n) is 7.87. The van der Waals surface area contributed by atoms with Crippen molar-refractivity contribution < 1.29 is 13.7 Å². The normalized spacial score (nSPS) is 16.8. The first-order chi connectivity index (χ1) is 14.8. The second-order valence-corrected chi connectivity index (χ2v) is 8.31. The topological polar surface area (TPSA) is 71.3 Å². The zero-order chi connectivity index (χ0) is 22.1. The van der Waals surface area contributed by atoms with Crippen LogP contribution < -0.4 is 5.32 Å². The average Bonchev–Trinajstić information content (AvgIpc) is 3.20. The first-order valence-electron chi connectivity index (χ1n) is 9.97. The van der Waals surface area contributed by atoms with Crippen molar-refractivity contribution in [3.63, 3.8) is 0 Å². The van der Waals surface area contributed by atoms with E-state index in [4.69, 9.17) is 16.1 Å². The highest BCUT2D eigenvalue weighted by atomic mass is 35.5. The predicted octanol–water partition coefficient (Wildman–Crippen LogP) is 5.68. The number of amides is 2. The molecule has 6 nitrogen and oxygen atoms in total. The van der Waals surface area contributed by atoms with Crippen molar-refractivity contribution in [3.05, 3.63) is 76.5 Å². The van der Waals surface area contributed by atoms with Crippen LogP contribution in [-0.2, 0) is 0 Å². The lowest BCUT2D eigenvalue weighted by molar-refractivity contribution is 0.199. The molecule has 0 bridgehead atoms. The first kappa shape index (κ1) is 21.1. The average molecular weight is 441 g/mol. The standard InChI is InChI=1S/C23H22ClFN4O2/c1-13(2)12-29-14(3)19(20(26-23(29)30)15-6-4-8-17(24)10-15)22-27-21(28-31-22)16-7-5-9-18(25)11-16/h4-11,13,20H,12H2,1-3H3,(H,26,30). The second kappa shape index (κ2) is 8.51. The summed E-state index contributed by atoms with van der Waals surface area (Å²) < 4.78 is 19.2. The van der Waals surface area contributed by atoms with Crippen molar-refractivity contribution in [3.8, 4) is 11.4 Å². The SMILES string of the molecule is CC1=C(c2nc(-c3cccc(F)c3)no2)C(c2cccc(Cl)c2)NC(=O)N1CC(C)C. The van der Waals surface area contributed by atoms with Crippen LogP contribution in [0, 0.1) is 11.7 Å².